The third-order valence-corrected chi connectivity index (χ3v) is 6.89. The van der Waals surface area contributed by atoms with Crippen molar-refractivity contribution in [3.8, 4) is 10.6 Å². The van der Waals surface area contributed by atoms with E-state index < -0.39 is 0 Å². The van der Waals surface area contributed by atoms with Crippen molar-refractivity contribution in [2.24, 2.45) is 5.92 Å². The Morgan fingerprint density at radius 3 is 2.77 bits per heavy atom. The quantitative estimate of drug-likeness (QED) is 0.831. The largest absolute Gasteiger partial charge is 0.393 e. The lowest BCUT2D eigenvalue weighted by Crippen LogP contribution is -2.48. The highest BCUT2D eigenvalue weighted by Gasteiger charge is 2.35. The normalized spacial score (nSPS) is 27.5. The van der Waals surface area contributed by atoms with Crippen LogP contribution in [0.3, 0.4) is 0 Å². The SMILES string of the molecule is O[C@@H]1CCCC[C@H]1[C@@H]1CCCCN1Cc1csc(-c2ccccc2F)n1. The van der Waals surface area contributed by atoms with Crippen LogP contribution in [0.25, 0.3) is 10.6 Å². The number of hydrogen-bond donors (Lipinski definition) is 1. The van der Waals surface area contributed by atoms with Gasteiger partial charge in [0, 0.05) is 29.4 Å². The summed E-state index contributed by atoms with van der Waals surface area (Å²) in [6.45, 7) is 1.87. The van der Waals surface area contributed by atoms with E-state index in [1.54, 1.807) is 12.1 Å². The molecule has 2 heterocycles. The summed E-state index contributed by atoms with van der Waals surface area (Å²) < 4.78 is 14.0. The lowest BCUT2D eigenvalue weighted by Gasteiger charge is -2.43. The molecule has 1 aromatic carbocycles. The van der Waals surface area contributed by atoms with Crippen LogP contribution in [0.15, 0.2) is 29.6 Å². The Morgan fingerprint density at radius 1 is 1.12 bits per heavy atom. The molecule has 2 aromatic rings. The van der Waals surface area contributed by atoms with E-state index in [1.165, 1.54) is 43.1 Å². The number of halogens is 1. The topological polar surface area (TPSA) is 36.4 Å². The number of likely N-dealkylation sites (tertiary alicyclic amines) is 1. The molecule has 26 heavy (non-hydrogen) atoms. The Bertz CT molecular complexity index is 734. The molecule has 0 radical (unpaired) electrons. The minimum Gasteiger partial charge on any atom is -0.393 e. The maximum Gasteiger partial charge on any atom is 0.133 e. The van der Waals surface area contributed by atoms with Gasteiger partial charge in [-0.1, -0.05) is 31.4 Å². The molecule has 3 nitrogen and oxygen atoms in total. The summed E-state index contributed by atoms with van der Waals surface area (Å²) in [7, 11) is 0. The maximum absolute atomic E-state index is 14.0. The number of thiazole rings is 1. The van der Waals surface area contributed by atoms with E-state index in [2.05, 4.69) is 10.3 Å². The molecule has 1 aliphatic heterocycles. The second kappa shape index (κ2) is 8.15. The minimum atomic E-state index is -0.213. The van der Waals surface area contributed by atoms with Crippen LogP contribution in [0, 0.1) is 11.7 Å². The van der Waals surface area contributed by atoms with Crippen molar-refractivity contribution in [3.05, 3.63) is 41.2 Å². The first-order valence-electron chi connectivity index (χ1n) is 9.84. The minimum absolute atomic E-state index is 0.154. The van der Waals surface area contributed by atoms with Gasteiger partial charge >= 0.3 is 0 Å². The maximum atomic E-state index is 14.0. The molecule has 2 aliphatic rings. The molecule has 1 aliphatic carbocycles. The van der Waals surface area contributed by atoms with Gasteiger partial charge in [-0.25, -0.2) is 9.37 Å². The number of benzene rings is 1. The van der Waals surface area contributed by atoms with E-state index in [9.17, 15) is 9.50 Å². The summed E-state index contributed by atoms with van der Waals surface area (Å²) >= 11 is 1.52. The van der Waals surface area contributed by atoms with Crippen molar-refractivity contribution in [1.82, 2.24) is 9.88 Å². The predicted molar refractivity (Wildman–Crippen MR) is 104 cm³/mol. The number of hydrogen-bond acceptors (Lipinski definition) is 4. The van der Waals surface area contributed by atoms with Crippen molar-refractivity contribution >= 4 is 11.3 Å². The Kier molecular flexibility index (Phi) is 5.67. The van der Waals surface area contributed by atoms with E-state index >= 15 is 0 Å². The fourth-order valence-corrected chi connectivity index (χ4v) is 5.47. The summed E-state index contributed by atoms with van der Waals surface area (Å²) in [5, 5.41) is 13.3. The molecule has 0 amide bonds. The van der Waals surface area contributed by atoms with Gasteiger partial charge in [0.1, 0.15) is 10.8 Å². The van der Waals surface area contributed by atoms with Gasteiger partial charge in [-0.2, -0.15) is 0 Å². The van der Waals surface area contributed by atoms with Crippen molar-refractivity contribution < 1.29 is 9.50 Å². The molecule has 3 atom stereocenters. The number of aliphatic hydroxyl groups excluding tert-OH is 1. The Hall–Kier alpha value is -1.30. The third kappa shape index (κ3) is 3.85. The molecule has 0 bridgehead atoms. The number of nitrogens with zero attached hydrogens (tertiary/aromatic N) is 2. The second-order valence-corrected chi connectivity index (χ2v) is 8.53. The van der Waals surface area contributed by atoms with Gasteiger partial charge in [-0.15, -0.1) is 11.3 Å². The van der Waals surface area contributed by atoms with Gasteiger partial charge < -0.3 is 5.11 Å². The Balaban J connectivity index is 1.49. The first-order valence-corrected chi connectivity index (χ1v) is 10.7. The van der Waals surface area contributed by atoms with Gasteiger partial charge in [0.25, 0.3) is 0 Å². The zero-order chi connectivity index (χ0) is 17.9. The summed E-state index contributed by atoms with van der Waals surface area (Å²) in [6, 6.07) is 7.30. The number of rotatable bonds is 4. The standard InChI is InChI=1S/C21H27FN2OS/c22-18-9-3-1-7-16(18)21-23-15(14-26-21)13-24-12-6-5-10-19(24)17-8-2-4-11-20(17)25/h1,3,7,9,14,17,19-20,25H,2,4-6,8,10-13H2/t17-,19-,20+/m0/s1. The lowest BCUT2D eigenvalue weighted by atomic mass is 9.78. The second-order valence-electron chi connectivity index (χ2n) is 7.67. The van der Waals surface area contributed by atoms with Crippen LogP contribution < -0.4 is 0 Å². The summed E-state index contributed by atoms with van der Waals surface area (Å²) in [4.78, 5) is 7.23. The molecular formula is C21H27FN2OS. The highest BCUT2D eigenvalue weighted by atomic mass is 32.1. The molecule has 1 saturated heterocycles. The predicted octanol–water partition coefficient (Wildman–Crippen LogP) is 4.85. The van der Waals surface area contributed by atoms with Gasteiger partial charge in [-0.05, 0) is 44.4 Å². The average Bonchev–Trinajstić information content (AvgIpc) is 3.11. The highest BCUT2D eigenvalue weighted by molar-refractivity contribution is 7.13. The monoisotopic (exact) mass is 374 g/mol. The molecule has 4 rings (SSSR count). The van der Waals surface area contributed by atoms with E-state index in [4.69, 9.17) is 4.98 Å². The van der Waals surface area contributed by atoms with Crippen LogP contribution >= 0.6 is 11.3 Å². The summed E-state index contributed by atoms with van der Waals surface area (Å²) in [5.41, 5.74) is 1.60. The lowest BCUT2D eigenvalue weighted by molar-refractivity contribution is -0.00895. The van der Waals surface area contributed by atoms with Crippen LogP contribution in [0.2, 0.25) is 0 Å². The highest BCUT2D eigenvalue weighted by Crippen LogP contribution is 2.35. The van der Waals surface area contributed by atoms with E-state index in [0.717, 1.165) is 43.1 Å². The first-order chi connectivity index (χ1) is 12.7. The van der Waals surface area contributed by atoms with E-state index in [-0.39, 0.29) is 11.9 Å². The van der Waals surface area contributed by atoms with E-state index in [1.807, 2.05) is 6.07 Å². The van der Waals surface area contributed by atoms with Crippen molar-refractivity contribution in [1.29, 1.82) is 0 Å². The molecule has 140 valence electrons. The summed E-state index contributed by atoms with van der Waals surface area (Å²) in [5.74, 6) is 0.184. The molecule has 1 N–H and O–H groups in total. The molecule has 1 aromatic heterocycles. The average molecular weight is 375 g/mol. The zero-order valence-electron chi connectivity index (χ0n) is 15.1. The van der Waals surface area contributed by atoms with Crippen LogP contribution in [0.5, 0.6) is 0 Å². The number of aromatic nitrogens is 1. The van der Waals surface area contributed by atoms with Gasteiger partial charge in [0.15, 0.2) is 0 Å². The van der Waals surface area contributed by atoms with Crippen LogP contribution in [0.1, 0.15) is 50.6 Å². The van der Waals surface area contributed by atoms with Crippen molar-refractivity contribution in [3.63, 3.8) is 0 Å². The number of piperidine rings is 1. The van der Waals surface area contributed by atoms with Crippen molar-refractivity contribution in [2.75, 3.05) is 6.54 Å². The fourth-order valence-electron chi connectivity index (χ4n) is 4.63. The van der Waals surface area contributed by atoms with Crippen LogP contribution in [0.4, 0.5) is 4.39 Å². The Morgan fingerprint density at radius 2 is 1.92 bits per heavy atom. The zero-order valence-corrected chi connectivity index (χ0v) is 15.9. The summed E-state index contributed by atoms with van der Waals surface area (Å²) in [6.07, 6.45) is 7.96. The smallest absolute Gasteiger partial charge is 0.133 e. The van der Waals surface area contributed by atoms with Gasteiger partial charge in [0.05, 0.1) is 11.8 Å². The van der Waals surface area contributed by atoms with Crippen LogP contribution in [-0.2, 0) is 6.54 Å². The first kappa shape index (κ1) is 18.1. The molecular weight excluding hydrogens is 347 g/mol. The molecule has 2 fully saturated rings. The van der Waals surface area contributed by atoms with E-state index in [0.29, 0.717) is 17.5 Å². The van der Waals surface area contributed by atoms with Gasteiger partial charge in [-0.3, -0.25) is 4.90 Å². The third-order valence-electron chi connectivity index (χ3n) is 5.96. The fraction of sp³-hybridized carbons (Fsp3) is 0.571. The number of aliphatic hydroxyl groups is 1. The molecule has 0 unspecified atom stereocenters. The van der Waals surface area contributed by atoms with Crippen molar-refractivity contribution in [2.45, 2.75) is 63.6 Å². The molecule has 5 heteroatoms. The molecule has 0 spiro atoms. The Labute approximate surface area is 158 Å². The van der Waals surface area contributed by atoms with Gasteiger partial charge in [0.2, 0.25) is 0 Å². The molecule has 1 saturated carbocycles. The van der Waals surface area contributed by atoms with Crippen LogP contribution in [-0.4, -0.2) is 33.7 Å².